The fourth-order valence-corrected chi connectivity index (χ4v) is 4.98. The van der Waals surface area contributed by atoms with Crippen LogP contribution in [0.1, 0.15) is 27.2 Å². The molecule has 128 valence electrons. The van der Waals surface area contributed by atoms with Crippen LogP contribution in [0.3, 0.4) is 0 Å². The molecule has 0 aromatic heterocycles. The molecule has 3 aliphatic rings. The van der Waals surface area contributed by atoms with Crippen LogP contribution >= 0.6 is 0 Å². The summed E-state index contributed by atoms with van der Waals surface area (Å²) < 4.78 is 0. The summed E-state index contributed by atoms with van der Waals surface area (Å²) in [5, 5.41) is 0. The standard InChI is InChI=1S/C18H36N4/c1-13(2)22-9-15-8-20(6)12-17(15)18(22)7-14(3)21-10-16(11-21)19(4)5/h13-18H,7-12H2,1-6H3/t14-,15?,17?,18?/m1/s1. The van der Waals surface area contributed by atoms with Crippen molar-refractivity contribution in [3.8, 4) is 0 Å². The second-order valence-corrected chi connectivity index (χ2v) is 8.66. The van der Waals surface area contributed by atoms with Crippen molar-refractivity contribution in [1.29, 1.82) is 0 Å². The molecule has 3 fully saturated rings. The maximum atomic E-state index is 2.81. The number of likely N-dealkylation sites (tertiary alicyclic amines) is 3. The van der Waals surface area contributed by atoms with Gasteiger partial charge in [-0.25, -0.2) is 0 Å². The molecule has 0 radical (unpaired) electrons. The van der Waals surface area contributed by atoms with E-state index in [1.165, 1.54) is 39.1 Å². The molecule has 3 aliphatic heterocycles. The molecule has 3 heterocycles. The first-order valence-electron chi connectivity index (χ1n) is 9.21. The summed E-state index contributed by atoms with van der Waals surface area (Å²) in [4.78, 5) is 10.4. The molecule has 0 spiro atoms. The van der Waals surface area contributed by atoms with Gasteiger partial charge in [-0.1, -0.05) is 0 Å². The number of hydrogen-bond donors (Lipinski definition) is 0. The Kier molecular flexibility index (Phi) is 4.84. The highest BCUT2D eigenvalue weighted by Crippen LogP contribution is 2.39. The summed E-state index contributed by atoms with van der Waals surface area (Å²) in [6, 6.07) is 2.99. The fourth-order valence-electron chi connectivity index (χ4n) is 4.98. The second-order valence-electron chi connectivity index (χ2n) is 8.66. The summed E-state index contributed by atoms with van der Waals surface area (Å²) in [5.41, 5.74) is 0. The van der Waals surface area contributed by atoms with Crippen molar-refractivity contribution >= 4 is 0 Å². The van der Waals surface area contributed by atoms with Crippen molar-refractivity contribution in [2.75, 3.05) is 53.9 Å². The SMILES string of the molecule is CC(C)N1CC2CN(C)CC2C1C[C@@H](C)N1CC(N(C)C)C1. The molecule has 0 amide bonds. The third kappa shape index (κ3) is 3.08. The lowest BCUT2D eigenvalue weighted by Gasteiger charge is -2.47. The van der Waals surface area contributed by atoms with Crippen LogP contribution in [0.4, 0.5) is 0 Å². The fraction of sp³-hybridized carbons (Fsp3) is 1.00. The van der Waals surface area contributed by atoms with Gasteiger partial charge in [-0.15, -0.1) is 0 Å². The van der Waals surface area contributed by atoms with Gasteiger partial charge < -0.3 is 9.80 Å². The zero-order valence-corrected chi connectivity index (χ0v) is 15.5. The molecule has 0 aromatic carbocycles. The predicted molar refractivity (Wildman–Crippen MR) is 93.2 cm³/mol. The van der Waals surface area contributed by atoms with Crippen LogP contribution in [0.15, 0.2) is 0 Å². The molecule has 4 atom stereocenters. The Morgan fingerprint density at radius 2 is 1.68 bits per heavy atom. The highest BCUT2D eigenvalue weighted by molar-refractivity contribution is 5.02. The van der Waals surface area contributed by atoms with E-state index in [9.17, 15) is 0 Å². The maximum absolute atomic E-state index is 2.81. The summed E-state index contributed by atoms with van der Waals surface area (Å²) in [7, 11) is 6.72. The molecule has 3 saturated heterocycles. The number of rotatable bonds is 5. The van der Waals surface area contributed by atoms with Gasteiger partial charge in [0.1, 0.15) is 0 Å². The average molecular weight is 309 g/mol. The van der Waals surface area contributed by atoms with Crippen molar-refractivity contribution in [1.82, 2.24) is 19.6 Å². The van der Waals surface area contributed by atoms with Gasteiger partial charge in [0, 0.05) is 56.9 Å². The maximum Gasteiger partial charge on any atom is 0.0344 e. The van der Waals surface area contributed by atoms with E-state index in [1.807, 2.05) is 0 Å². The summed E-state index contributed by atoms with van der Waals surface area (Å²) in [6.07, 6.45) is 1.35. The van der Waals surface area contributed by atoms with Gasteiger partial charge in [0.25, 0.3) is 0 Å². The summed E-state index contributed by atoms with van der Waals surface area (Å²) in [5.74, 6) is 1.82. The molecule has 4 nitrogen and oxygen atoms in total. The Morgan fingerprint density at radius 3 is 2.27 bits per heavy atom. The van der Waals surface area contributed by atoms with E-state index >= 15 is 0 Å². The van der Waals surface area contributed by atoms with Crippen molar-refractivity contribution < 1.29 is 0 Å². The van der Waals surface area contributed by atoms with E-state index in [2.05, 4.69) is 61.5 Å². The van der Waals surface area contributed by atoms with E-state index in [0.29, 0.717) is 6.04 Å². The smallest absolute Gasteiger partial charge is 0.0344 e. The topological polar surface area (TPSA) is 13.0 Å². The molecule has 0 N–H and O–H groups in total. The van der Waals surface area contributed by atoms with Gasteiger partial charge in [-0.3, -0.25) is 9.80 Å². The van der Waals surface area contributed by atoms with Crippen LogP contribution in [-0.2, 0) is 0 Å². The number of nitrogens with zero attached hydrogens (tertiary/aromatic N) is 4. The molecule has 0 aliphatic carbocycles. The van der Waals surface area contributed by atoms with Crippen molar-refractivity contribution in [3.05, 3.63) is 0 Å². The number of likely N-dealkylation sites (N-methyl/N-ethyl adjacent to an activating group) is 1. The summed E-state index contributed by atoms with van der Waals surface area (Å²) in [6.45, 7) is 13.7. The minimum atomic E-state index is 0.694. The lowest BCUT2D eigenvalue weighted by Crippen LogP contribution is -2.60. The molecule has 3 rings (SSSR count). The zero-order valence-electron chi connectivity index (χ0n) is 15.5. The van der Waals surface area contributed by atoms with Gasteiger partial charge in [0.05, 0.1) is 0 Å². The van der Waals surface area contributed by atoms with Crippen molar-refractivity contribution in [2.24, 2.45) is 11.8 Å². The third-order valence-electron chi connectivity index (χ3n) is 6.53. The van der Waals surface area contributed by atoms with E-state index in [1.54, 1.807) is 0 Å². The molecule has 22 heavy (non-hydrogen) atoms. The van der Waals surface area contributed by atoms with Crippen LogP contribution in [0.25, 0.3) is 0 Å². The highest BCUT2D eigenvalue weighted by atomic mass is 15.3. The first kappa shape index (κ1) is 16.7. The molecule has 0 saturated carbocycles. The normalized spacial score (nSPS) is 36.3. The highest BCUT2D eigenvalue weighted by Gasteiger charge is 2.47. The molecular formula is C18H36N4. The zero-order chi connectivity index (χ0) is 16.0. The Morgan fingerprint density at radius 1 is 1.00 bits per heavy atom. The van der Waals surface area contributed by atoms with Gasteiger partial charge in [-0.05, 0) is 60.2 Å². The van der Waals surface area contributed by atoms with Gasteiger partial charge in [-0.2, -0.15) is 0 Å². The van der Waals surface area contributed by atoms with Crippen LogP contribution in [0, 0.1) is 11.8 Å². The first-order chi connectivity index (χ1) is 10.4. The van der Waals surface area contributed by atoms with E-state index in [4.69, 9.17) is 0 Å². The lowest BCUT2D eigenvalue weighted by molar-refractivity contribution is 0.0168. The van der Waals surface area contributed by atoms with Crippen LogP contribution < -0.4 is 0 Å². The van der Waals surface area contributed by atoms with Crippen LogP contribution in [0.5, 0.6) is 0 Å². The molecule has 4 heteroatoms. The predicted octanol–water partition coefficient (Wildman–Crippen LogP) is 1.28. The van der Waals surface area contributed by atoms with Gasteiger partial charge >= 0.3 is 0 Å². The minimum Gasteiger partial charge on any atom is -0.306 e. The van der Waals surface area contributed by atoms with E-state index in [-0.39, 0.29) is 0 Å². The van der Waals surface area contributed by atoms with E-state index < -0.39 is 0 Å². The third-order valence-corrected chi connectivity index (χ3v) is 6.53. The molecule has 0 aromatic rings. The van der Waals surface area contributed by atoms with E-state index in [0.717, 1.165) is 30.0 Å². The Balaban J connectivity index is 1.59. The Hall–Kier alpha value is -0.160. The second kappa shape index (κ2) is 6.39. The number of fused-ring (bicyclic) bond motifs is 1. The monoisotopic (exact) mass is 308 g/mol. The van der Waals surface area contributed by atoms with Crippen LogP contribution in [0.2, 0.25) is 0 Å². The Bertz CT molecular complexity index is 377. The molecule has 3 unspecified atom stereocenters. The average Bonchev–Trinajstić information content (AvgIpc) is 2.84. The lowest BCUT2D eigenvalue weighted by atomic mass is 9.89. The number of hydrogen-bond acceptors (Lipinski definition) is 4. The quantitative estimate of drug-likeness (QED) is 0.758. The van der Waals surface area contributed by atoms with Crippen molar-refractivity contribution in [3.63, 3.8) is 0 Å². The van der Waals surface area contributed by atoms with Gasteiger partial charge in [0.15, 0.2) is 0 Å². The molecular weight excluding hydrogens is 272 g/mol. The summed E-state index contributed by atoms with van der Waals surface area (Å²) >= 11 is 0. The largest absolute Gasteiger partial charge is 0.306 e. The first-order valence-corrected chi connectivity index (χ1v) is 9.21. The van der Waals surface area contributed by atoms with Crippen LogP contribution in [-0.4, -0.2) is 97.6 Å². The molecule has 0 bridgehead atoms. The Labute approximate surface area is 137 Å². The minimum absolute atomic E-state index is 0.694. The van der Waals surface area contributed by atoms with Crippen molar-refractivity contribution in [2.45, 2.75) is 51.4 Å². The van der Waals surface area contributed by atoms with Gasteiger partial charge in [0.2, 0.25) is 0 Å².